The number of nitrogens with zero attached hydrogens (tertiary/aromatic N) is 5. The molecule has 2 aromatic rings. The van der Waals surface area contributed by atoms with E-state index in [1.807, 2.05) is 36.9 Å². The first kappa shape index (κ1) is 16.8. The van der Waals surface area contributed by atoms with Crippen LogP contribution in [0.3, 0.4) is 0 Å². The standard InChI is InChI=1S/C16H21N5O2S/c1-4-14-18-9-13(24-14)15(22)21-7-8-23-12(10-21)11-5-6-17-16(19-11)20(2)3/h5-6,9,12H,4,7-8,10H2,1-3H3/t12-/m1/s1. The predicted octanol–water partition coefficient (Wildman–Crippen LogP) is 1.78. The quantitative estimate of drug-likeness (QED) is 0.839. The molecule has 0 aromatic carbocycles. The summed E-state index contributed by atoms with van der Waals surface area (Å²) in [5.41, 5.74) is 0.796. The zero-order valence-electron chi connectivity index (χ0n) is 14.1. The monoisotopic (exact) mass is 347 g/mol. The fourth-order valence-electron chi connectivity index (χ4n) is 2.50. The van der Waals surface area contributed by atoms with Crippen molar-refractivity contribution in [1.29, 1.82) is 0 Å². The van der Waals surface area contributed by atoms with E-state index in [4.69, 9.17) is 4.74 Å². The van der Waals surface area contributed by atoms with Gasteiger partial charge >= 0.3 is 0 Å². The van der Waals surface area contributed by atoms with Crippen LogP contribution in [0.5, 0.6) is 0 Å². The van der Waals surface area contributed by atoms with E-state index in [1.165, 1.54) is 11.3 Å². The van der Waals surface area contributed by atoms with Gasteiger partial charge in [0.25, 0.3) is 5.91 Å². The lowest BCUT2D eigenvalue weighted by atomic mass is 10.2. The number of aromatic nitrogens is 3. The van der Waals surface area contributed by atoms with Crippen LogP contribution in [0.15, 0.2) is 18.5 Å². The maximum absolute atomic E-state index is 12.7. The fourth-order valence-corrected chi connectivity index (χ4v) is 3.32. The van der Waals surface area contributed by atoms with Gasteiger partial charge in [0.2, 0.25) is 5.95 Å². The van der Waals surface area contributed by atoms with Crippen LogP contribution < -0.4 is 4.90 Å². The number of anilines is 1. The molecular formula is C16H21N5O2S. The molecule has 0 aliphatic carbocycles. The first-order valence-electron chi connectivity index (χ1n) is 7.94. The molecule has 0 saturated carbocycles. The summed E-state index contributed by atoms with van der Waals surface area (Å²) in [5, 5.41) is 0.981. The van der Waals surface area contributed by atoms with Gasteiger partial charge in [0.05, 0.1) is 30.1 Å². The highest BCUT2D eigenvalue weighted by molar-refractivity contribution is 7.13. The number of hydrogen-bond acceptors (Lipinski definition) is 7. The maximum atomic E-state index is 12.7. The average molecular weight is 347 g/mol. The van der Waals surface area contributed by atoms with Crippen LogP contribution in [-0.4, -0.2) is 59.6 Å². The fraction of sp³-hybridized carbons (Fsp3) is 0.500. The number of rotatable bonds is 4. The largest absolute Gasteiger partial charge is 0.368 e. The molecule has 0 N–H and O–H groups in total. The molecule has 3 rings (SSSR count). The number of amides is 1. The Kier molecular flexibility index (Phi) is 5.06. The van der Waals surface area contributed by atoms with Crippen LogP contribution >= 0.6 is 11.3 Å². The molecule has 1 aliphatic rings. The zero-order valence-corrected chi connectivity index (χ0v) is 14.9. The highest BCUT2D eigenvalue weighted by Gasteiger charge is 2.28. The van der Waals surface area contributed by atoms with Crippen molar-refractivity contribution in [3.8, 4) is 0 Å². The molecule has 2 aromatic heterocycles. The molecular weight excluding hydrogens is 326 g/mol. The third-order valence-electron chi connectivity index (χ3n) is 3.81. The Morgan fingerprint density at radius 3 is 3.00 bits per heavy atom. The highest BCUT2D eigenvalue weighted by atomic mass is 32.1. The summed E-state index contributed by atoms with van der Waals surface area (Å²) in [6.45, 7) is 3.61. The van der Waals surface area contributed by atoms with Gasteiger partial charge in [-0.3, -0.25) is 4.79 Å². The molecule has 1 amide bonds. The second-order valence-corrected chi connectivity index (χ2v) is 6.87. The normalized spacial score (nSPS) is 17.8. The molecule has 128 valence electrons. The van der Waals surface area contributed by atoms with Gasteiger partial charge in [-0.15, -0.1) is 11.3 Å². The van der Waals surface area contributed by atoms with Crippen molar-refractivity contribution < 1.29 is 9.53 Å². The second kappa shape index (κ2) is 7.23. The Morgan fingerprint density at radius 2 is 2.29 bits per heavy atom. The number of ether oxygens (including phenoxy) is 1. The maximum Gasteiger partial charge on any atom is 0.265 e. The van der Waals surface area contributed by atoms with E-state index in [0.29, 0.717) is 30.5 Å². The molecule has 0 spiro atoms. The number of carbonyl (C=O) groups excluding carboxylic acids is 1. The Hall–Kier alpha value is -2.06. The van der Waals surface area contributed by atoms with E-state index >= 15 is 0 Å². The number of carbonyl (C=O) groups is 1. The summed E-state index contributed by atoms with van der Waals surface area (Å²) in [6, 6.07) is 1.84. The molecule has 1 fully saturated rings. The number of morpholine rings is 1. The SMILES string of the molecule is CCc1ncc(C(=O)N2CCO[C@@H](c3ccnc(N(C)C)n3)C2)s1. The topological polar surface area (TPSA) is 71.5 Å². The van der Waals surface area contributed by atoms with Crippen molar-refractivity contribution in [3.63, 3.8) is 0 Å². The van der Waals surface area contributed by atoms with Gasteiger partial charge in [-0.1, -0.05) is 6.92 Å². The van der Waals surface area contributed by atoms with E-state index in [0.717, 1.165) is 17.1 Å². The van der Waals surface area contributed by atoms with Crippen molar-refractivity contribution >= 4 is 23.2 Å². The van der Waals surface area contributed by atoms with Gasteiger partial charge < -0.3 is 14.5 Å². The summed E-state index contributed by atoms with van der Waals surface area (Å²) in [5.74, 6) is 0.650. The molecule has 3 heterocycles. The minimum absolute atomic E-state index is 0.0161. The molecule has 1 aliphatic heterocycles. The van der Waals surface area contributed by atoms with Crippen molar-refractivity contribution in [3.05, 3.63) is 34.0 Å². The summed E-state index contributed by atoms with van der Waals surface area (Å²) in [7, 11) is 3.79. The predicted molar refractivity (Wildman–Crippen MR) is 92.4 cm³/mol. The summed E-state index contributed by atoms with van der Waals surface area (Å²) in [4.78, 5) is 30.0. The van der Waals surface area contributed by atoms with Crippen LogP contribution in [0.2, 0.25) is 0 Å². The molecule has 0 radical (unpaired) electrons. The zero-order chi connectivity index (χ0) is 17.1. The van der Waals surface area contributed by atoms with E-state index in [2.05, 4.69) is 15.0 Å². The van der Waals surface area contributed by atoms with Gasteiger partial charge in [-0.25, -0.2) is 15.0 Å². The first-order chi connectivity index (χ1) is 11.6. The lowest BCUT2D eigenvalue weighted by Gasteiger charge is -2.32. The third-order valence-corrected chi connectivity index (χ3v) is 4.94. The molecule has 1 saturated heterocycles. The van der Waals surface area contributed by atoms with Crippen LogP contribution in [0, 0.1) is 0 Å². The number of hydrogen-bond donors (Lipinski definition) is 0. The molecule has 0 unspecified atom stereocenters. The average Bonchev–Trinajstić information content (AvgIpc) is 3.10. The lowest BCUT2D eigenvalue weighted by Crippen LogP contribution is -2.42. The van der Waals surface area contributed by atoms with Gasteiger partial charge in [0.15, 0.2) is 0 Å². The molecule has 24 heavy (non-hydrogen) atoms. The summed E-state index contributed by atoms with van der Waals surface area (Å²) < 4.78 is 5.83. The summed E-state index contributed by atoms with van der Waals surface area (Å²) in [6.07, 6.45) is 4.00. The van der Waals surface area contributed by atoms with Gasteiger partial charge in [-0.2, -0.15) is 0 Å². The van der Waals surface area contributed by atoms with E-state index in [1.54, 1.807) is 12.4 Å². The number of aryl methyl sites for hydroxylation is 1. The molecule has 1 atom stereocenters. The minimum Gasteiger partial charge on any atom is -0.368 e. The molecule has 0 bridgehead atoms. The van der Waals surface area contributed by atoms with E-state index < -0.39 is 0 Å². The number of thiazole rings is 1. The first-order valence-corrected chi connectivity index (χ1v) is 8.76. The third kappa shape index (κ3) is 3.54. The smallest absolute Gasteiger partial charge is 0.265 e. The van der Waals surface area contributed by atoms with Crippen LogP contribution in [0.4, 0.5) is 5.95 Å². The molecule has 8 heteroatoms. The van der Waals surface area contributed by atoms with E-state index in [9.17, 15) is 4.79 Å². The van der Waals surface area contributed by atoms with Crippen LogP contribution in [0.1, 0.15) is 33.4 Å². The lowest BCUT2D eigenvalue weighted by molar-refractivity contribution is -0.0245. The van der Waals surface area contributed by atoms with E-state index in [-0.39, 0.29) is 12.0 Å². The van der Waals surface area contributed by atoms with Gasteiger partial charge in [0.1, 0.15) is 11.0 Å². The Morgan fingerprint density at radius 1 is 1.46 bits per heavy atom. The van der Waals surface area contributed by atoms with Gasteiger partial charge in [0, 0.05) is 26.8 Å². The highest BCUT2D eigenvalue weighted by Crippen LogP contribution is 2.24. The Balaban J connectivity index is 1.74. The van der Waals surface area contributed by atoms with Crippen molar-refractivity contribution in [2.75, 3.05) is 38.7 Å². The summed E-state index contributed by atoms with van der Waals surface area (Å²) >= 11 is 1.46. The van der Waals surface area contributed by atoms with Crippen LogP contribution in [0.25, 0.3) is 0 Å². The van der Waals surface area contributed by atoms with Gasteiger partial charge in [-0.05, 0) is 12.5 Å². The molecule has 7 nitrogen and oxygen atoms in total. The van der Waals surface area contributed by atoms with Crippen molar-refractivity contribution in [2.45, 2.75) is 19.4 Å². The van der Waals surface area contributed by atoms with Crippen molar-refractivity contribution in [1.82, 2.24) is 19.9 Å². The minimum atomic E-state index is -0.233. The van der Waals surface area contributed by atoms with Crippen molar-refractivity contribution in [2.24, 2.45) is 0 Å². The Labute approximate surface area is 145 Å². The van der Waals surface area contributed by atoms with Crippen LogP contribution in [-0.2, 0) is 11.2 Å². The Bertz CT molecular complexity index is 718. The second-order valence-electron chi connectivity index (χ2n) is 5.76.